The largest absolute Gasteiger partial charge is 0.493 e. The SMILES string of the molecule is C=CCOc1c(Br)cc(C=C2C(=O)OC(C)(C)OC2=O)cc1OC. The first kappa shape index (κ1) is 18.1. The standard InChI is InChI=1S/C17H17BrO6/c1-5-6-22-14-12(18)8-10(9-13(14)21-4)7-11-15(19)23-17(2,3)24-16(11)20/h5,7-9H,1,6H2,2-4H3. The van der Waals surface area contributed by atoms with Gasteiger partial charge in [0.15, 0.2) is 11.5 Å². The first-order valence-electron chi connectivity index (χ1n) is 7.07. The molecule has 0 bridgehead atoms. The zero-order valence-electron chi connectivity index (χ0n) is 13.6. The van der Waals surface area contributed by atoms with E-state index in [-0.39, 0.29) is 5.57 Å². The molecule has 1 aromatic rings. The maximum atomic E-state index is 12.0. The molecule has 0 N–H and O–H groups in total. The molecular weight excluding hydrogens is 380 g/mol. The van der Waals surface area contributed by atoms with E-state index in [2.05, 4.69) is 22.5 Å². The molecule has 128 valence electrons. The highest BCUT2D eigenvalue weighted by Crippen LogP contribution is 2.37. The van der Waals surface area contributed by atoms with Gasteiger partial charge in [-0.25, -0.2) is 9.59 Å². The second-order valence-corrected chi connectivity index (χ2v) is 6.23. The number of carbonyl (C=O) groups excluding carboxylic acids is 2. The molecule has 0 radical (unpaired) electrons. The van der Waals surface area contributed by atoms with Gasteiger partial charge in [-0.2, -0.15) is 0 Å². The van der Waals surface area contributed by atoms with Gasteiger partial charge in [0.1, 0.15) is 12.2 Å². The van der Waals surface area contributed by atoms with Crippen LogP contribution in [0.2, 0.25) is 0 Å². The Labute approximate surface area is 148 Å². The average molecular weight is 397 g/mol. The van der Waals surface area contributed by atoms with Crippen LogP contribution in [-0.4, -0.2) is 31.4 Å². The molecule has 6 nitrogen and oxygen atoms in total. The third-order valence-corrected chi connectivity index (χ3v) is 3.61. The highest BCUT2D eigenvalue weighted by molar-refractivity contribution is 9.10. The number of benzene rings is 1. The van der Waals surface area contributed by atoms with Crippen LogP contribution < -0.4 is 9.47 Å². The number of esters is 2. The highest BCUT2D eigenvalue weighted by Gasteiger charge is 2.38. The van der Waals surface area contributed by atoms with Gasteiger partial charge < -0.3 is 18.9 Å². The summed E-state index contributed by atoms with van der Waals surface area (Å²) in [5, 5.41) is 0. The Morgan fingerprint density at radius 3 is 2.42 bits per heavy atom. The van der Waals surface area contributed by atoms with Crippen molar-refractivity contribution in [3.63, 3.8) is 0 Å². The van der Waals surface area contributed by atoms with Crippen LogP contribution in [-0.2, 0) is 19.1 Å². The Morgan fingerprint density at radius 1 is 1.25 bits per heavy atom. The normalized spacial score (nSPS) is 16.1. The average Bonchev–Trinajstić information content (AvgIpc) is 2.48. The zero-order valence-corrected chi connectivity index (χ0v) is 15.1. The minimum atomic E-state index is -1.27. The maximum absolute atomic E-state index is 12.0. The summed E-state index contributed by atoms with van der Waals surface area (Å²) in [5.74, 6) is -1.81. The summed E-state index contributed by atoms with van der Waals surface area (Å²) >= 11 is 3.38. The van der Waals surface area contributed by atoms with E-state index < -0.39 is 17.7 Å². The summed E-state index contributed by atoms with van der Waals surface area (Å²) in [4.78, 5) is 24.0. The quantitative estimate of drug-likeness (QED) is 0.329. The monoisotopic (exact) mass is 396 g/mol. The van der Waals surface area contributed by atoms with Crippen LogP contribution >= 0.6 is 15.9 Å². The zero-order chi connectivity index (χ0) is 17.9. The number of rotatable bonds is 5. The number of ether oxygens (including phenoxy) is 4. The number of carbonyl (C=O) groups is 2. The van der Waals surface area contributed by atoms with Gasteiger partial charge in [0.2, 0.25) is 0 Å². The molecule has 1 aliphatic rings. The minimum Gasteiger partial charge on any atom is -0.493 e. The molecule has 7 heteroatoms. The van der Waals surface area contributed by atoms with Crippen LogP contribution in [0, 0.1) is 0 Å². The molecule has 24 heavy (non-hydrogen) atoms. The summed E-state index contributed by atoms with van der Waals surface area (Å²) in [5.41, 5.74) is 0.358. The van der Waals surface area contributed by atoms with E-state index in [4.69, 9.17) is 18.9 Å². The van der Waals surface area contributed by atoms with Gasteiger partial charge in [-0.15, -0.1) is 0 Å². The first-order valence-corrected chi connectivity index (χ1v) is 7.86. The lowest BCUT2D eigenvalue weighted by molar-refractivity contribution is -0.222. The van der Waals surface area contributed by atoms with Crippen molar-refractivity contribution < 1.29 is 28.5 Å². The molecule has 0 unspecified atom stereocenters. The number of cyclic esters (lactones) is 2. The minimum absolute atomic E-state index is 0.192. The van der Waals surface area contributed by atoms with Gasteiger partial charge in [-0.05, 0) is 39.7 Å². The van der Waals surface area contributed by atoms with Crippen molar-refractivity contribution >= 4 is 33.9 Å². The first-order chi connectivity index (χ1) is 11.3. The van der Waals surface area contributed by atoms with Crippen LogP contribution in [0.1, 0.15) is 19.4 Å². The molecule has 0 saturated carbocycles. The molecule has 0 aliphatic carbocycles. The van der Waals surface area contributed by atoms with E-state index in [1.54, 1.807) is 18.2 Å². The van der Waals surface area contributed by atoms with Crippen LogP contribution in [0.4, 0.5) is 0 Å². The fourth-order valence-corrected chi connectivity index (χ4v) is 2.62. The third kappa shape index (κ3) is 3.97. The summed E-state index contributed by atoms with van der Waals surface area (Å²) in [6.45, 7) is 6.88. The third-order valence-electron chi connectivity index (χ3n) is 3.03. The molecule has 0 aromatic heterocycles. The predicted octanol–water partition coefficient (Wildman–Crippen LogP) is 3.24. The van der Waals surface area contributed by atoms with Crippen molar-refractivity contribution in [3.8, 4) is 11.5 Å². The number of hydrogen-bond donors (Lipinski definition) is 0. The maximum Gasteiger partial charge on any atom is 0.348 e. The van der Waals surface area contributed by atoms with Crippen molar-refractivity contribution in [2.75, 3.05) is 13.7 Å². The Balaban J connectivity index is 2.39. The molecule has 1 saturated heterocycles. The van der Waals surface area contributed by atoms with Crippen molar-refractivity contribution in [1.82, 2.24) is 0 Å². The van der Waals surface area contributed by atoms with Gasteiger partial charge in [-0.3, -0.25) is 0 Å². The lowest BCUT2D eigenvalue weighted by Crippen LogP contribution is -2.41. The molecule has 1 aromatic carbocycles. The fraction of sp³-hybridized carbons (Fsp3) is 0.294. The van der Waals surface area contributed by atoms with Crippen molar-refractivity contribution in [3.05, 3.63) is 40.4 Å². The van der Waals surface area contributed by atoms with Gasteiger partial charge in [-0.1, -0.05) is 12.7 Å². The Kier molecular flexibility index (Phi) is 5.33. The van der Waals surface area contributed by atoms with E-state index >= 15 is 0 Å². The summed E-state index contributed by atoms with van der Waals surface area (Å²) in [6.07, 6.45) is 2.99. The van der Waals surface area contributed by atoms with Crippen LogP contribution in [0.25, 0.3) is 6.08 Å². The summed E-state index contributed by atoms with van der Waals surface area (Å²) in [6, 6.07) is 3.32. The smallest absolute Gasteiger partial charge is 0.348 e. The van der Waals surface area contributed by atoms with Gasteiger partial charge in [0.05, 0.1) is 11.6 Å². The second kappa shape index (κ2) is 7.09. The van der Waals surface area contributed by atoms with Gasteiger partial charge in [0, 0.05) is 13.8 Å². The molecular formula is C17H17BrO6. The van der Waals surface area contributed by atoms with Crippen molar-refractivity contribution in [1.29, 1.82) is 0 Å². The molecule has 1 aliphatic heterocycles. The lowest BCUT2D eigenvalue weighted by Gasteiger charge is -2.29. The molecule has 1 fully saturated rings. The summed E-state index contributed by atoms with van der Waals surface area (Å²) < 4.78 is 21.5. The van der Waals surface area contributed by atoms with E-state index in [1.807, 2.05) is 0 Å². The number of methoxy groups -OCH3 is 1. The second-order valence-electron chi connectivity index (χ2n) is 5.37. The lowest BCUT2D eigenvalue weighted by atomic mass is 10.1. The summed E-state index contributed by atoms with van der Waals surface area (Å²) in [7, 11) is 1.49. The fourth-order valence-electron chi connectivity index (χ4n) is 2.05. The van der Waals surface area contributed by atoms with Crippen LogP contribution in [0.5, 0.6) is 11.5 Å². The Morgan fingerprint density at radius 2 is 1.88 bits per heavy atom. The van der Waals surface area contributed by atoms with Gasteiger partial charge >= 0.3 is 11.9 Å². The Bertz CT molecular complexity index is 698. The van der Waals surface area contributed by atoms with E-state index in [0.29, 0.717) is 28.1 Å². The van der Waals surface area contributed by atoms with E-state index in [9.17, 15) is 9.59 Å². The molecule has 0 spiro atoms. The Hall–Kier alpha value is -2.28. The van der Waals surface area contributed by atoms with Gasteiger partial charge in [0.25, 0.3) is 5.79 Å². The molecule has 2 rings (SSSR count). The van der Waals surface area contributed by atoms with E-state index in [1.165, 1.54) is 27.0 Å². The number of halogens is 1. The number of hydrogen-bond acceptors (Lipinski definition) is 6. The van der Waals surface area contributed by atoms with Crippen LogP contribution in [0.15, 0.2) is 34.8 Å². The van der Waals surface area contributed by atoms with Crippen molar-refractivity contribution in [2.24, 2.45) is 0 Å². The van der Waals surface area contributed by atoms with E-state index in [0.717, 1.165) is 0 Å². The predicted molar refractivity (Wildman–Crippen MR) is 90.6 cm³/mol. The topological polar surface area (TPSA) is 71.1 Å². The molecule has 0 atom stereocenters. The molecule has 1 heterocycles. The van der Waals surface area contributed by atoms with Crippen molar-refractivity contribution in [2.45, 2.75) is 19.6 Å². The van der Waals surface area contributed by atoms with Crippen LogP contribution in [0.3, 0.4) is 0 Å². The highest BCUT2D eigenvalue weighted by atomic mass is 79.9. The molecule has 0 amide bonds.